The van der Waals surface area contributed by atoms with Crippen molar-refractivity contribution in [3.05, 3.63) is 88.7 Å². The van der Waals surface area contributed by atoms with Gasteiger partial charge in [-0.1, -0.05) is 17.7 Å². The Kier molecular flexibility index (Phi) is 5.47. The fraction of sp³-hybridized carbons (Fsp3) is 0.125. The fourth-order valence-corrected chi connectivity index (χ4v) is 5.20. The van der Waals surface area contributed by atoms with Crippen molar-refractivity contribution in [2.45, 2.75) is 24.2 Å². The summed E-state index contributed by atoms with van der Waals surface area (Å²) in [6, 6.07) is 16.3. The Hall–Kier alpha value is -3.49. The number of carbonyl (C=O) groups is 1. The normalized spacial score (nSPS) is 13.0. The van der Waals surface area contributed by atoms with E-state index in [0.717, 1.165) is 36.0 Å². The number of carbonyl (C=O) groups excluding carboxylic acids is 1. The number of nitrogens with zero attached hydrogens (tertiary/aromatic N) is 2. The molecule has 7 nitrogen and oxygen atoms in total. The maximum Gasteiger partial charge on any atom is 0.263 e. The van der Waals surface area contributed by atoms with E-state index in [0.29, 0.717) is 21.7 Å². The number of pyridine rings is 2. The van der Waals surface area contributed by atoms with Crippen LogP contribution in [0.25, 0.3) is 10.9 Å². The number of nitrogens with one attached hydrogen (secondary N) is 2. The molecule has 4 aromatic rings. The van der Waals surface area contributed by atoms with Gasteiger partial charge in [-0.25, -0.2) is 13.4 Å². The Morgan fingerprint density at radius 2 is 1.82 bits per heavy atom. The summed E-state index contributed by atoms with van der Waals surface area (Å²) in [6.45, 7) is 0. The molecule has 0 spiro atoms. The van der Waals surface area contributed by atoms with E-state index in [4.69, 9.17) is 16.6 Å². The number of halogens is 1. The maximum absolute atomic E-state index is 13.3. The van der Waals surface area contributed by atoms with E-state index in [1.54, 1.807) is 42.5 Å². The zero-order valence-electron chi connectivity index (χ0n) is 17.4. The van der Waals surface area contributed by atoms with Crippen LogP contribution >= 0.6 is 11.6 Å². The number of anilines is 2. The zero-order chi connectivity index (χ0) is 23.0. The molecule has 2 N–H and O–H groups in total. The molecule has 2 aromatic heterocycles. The summed E-state index contributed by atoms with van der Waals surface area (Å²) < 4.78 is 27.6. The molecule has 1 aliphatic carbocycles. The van der Waals surface area contributed by atoms with Crippen LogP contribution < -0.4 is 10.0 Å². The molecule has 0 bridgehead atoms. The smallest absolute Gasteiger partial charge is 0.263 e. The summed E-state index contributed by atoms with van der Waals surface area (Å²) in [6.07, 6.45) is 4.07. The third-order valence-corrected chi connectivity index (χ3v) is 7.13. The lowest BCUT2D eigenvalue weighted by Crippen LogP contribution is -2.16. The third kappa shape index (κ3) is 4.27. The second-order valence-corrected chi connectivity index (χ2v) is 9.84. The number of fused-ring (bicyclic) bond motifs is 2. The van der Waals surface area contributed by atoms with E-state index in [9.17, 15) is 13.2 Å². The van der Waals surface area contributed by atoms with E-state index in [-0.39, 0.29) is 16.6 Å². The van der Waals surface area contributed by atoms with Crippen molar-refractivity contribution in [3.63, 3.8) is 0 Å². The highest BCUT2D eigenvalue weighted by atomic mass is 35.5. The maximum atomic E-state index is 13.3. The first-order valence-electron chi connectivity index (χ1n) is 10.4. The first-order chi connectivity index (χ1) is 15.9. The van der Waals surface area contributed by atoms with Gasteiger partial charge in [-0.15, -0.1) is 0 Å². The van der Waals surface area contributed by atoms with Crippen LogP contribution in [0.2, 0.25) is 5.02 Å². The van der Waals surface area contributed by atoms with Crippen molar-refractivity contribution in [1.29, 1.82) is 0 Å². The average Bonchev–Trinajstić information content (AvgIpc) is 3.26. The second kappa shape index (κ2) is 8.46. The molecule has 166 valence electrons. The monoisotopic (exact) mass is 478 g/mol. The molecule has 1 aliphatic rings. The van der Waals surface area contributed by atoms with Crippen LogP contribution in [0.1, 0.15) is 28.0 Å². The highest BCUT2D eigenvalue weighted by molar-refractivity contribution is 7.92. The molecule has 2 heterocycles. The van der Waals surface area contributed by atoms with Gasteiger partial charge >= 0.3 is 0 Å². The molecule has 2 aromatic carbocycles. The molecule has 0 unspecified atom stereocenters. The van der Waals surface area contributed by atoms with Crippen molar-refractivity contribution in [2.75, 3.05) is 10.0 Å². The van der Waals surface area contributed by atoms with Gasteiger partial charge in [0, 0.05) is 28.0 Å². The van der Waals surface area contributed by atoms with E-state index < -0.39 is 10.0 Å². The quantitative estimate of drug-likeness (QED) is 0.428. The first kappa shape index (κ1) is 21.4. The van der Waals surface area contributed by atoms with Crippen LogP contribution in [0.5, 0.6) is 0 Å². The van der Waals surface area contributed by atoms with Gasteiger partial charge in [-0.2, -0.15) is 0 Å². The van der Waals surface area contributed by atoms with Gasteiger partial charge in [0.2, 0.25) is 0 Å². The zero-order valence-corrected chi connectivity index (χ0v) is 18.9. The van der Waals surface area contributed by atoms with Crippen LogP contribution in [0.3, 0.4) is 0 Å². The van der Waals surface area contributed by atoms with Gasteiger partial charge in [0.05, 0.1) is 16.0 Å². The molecular formula is C24H19ClN4O3S. The number of hydrogen-bond donors (Lipinski definition) is 2. The van der Waals surface area contributed by atoms with Crippen LogP contribution in [0, 0.1) is 0 Å². The van der Waals surface area contributed by atoms with Crippen LogP contribution in [-0.4, -0.2) is 24.3 Å². The molecule has 5 rings (SSSR count). The van der Waals surface area contributed by atoms with Crippen molar-refractivity contribution < 1.29 is 13.2 Å². The second-order valence-electron chi connectivity index (χ2n) is 7.73. The number of sulfonamides is 1. The highest BCUT2D eigenvalue weighted by Gasteiger charge is 2.24. The molecular weight excluding hydrogens is 460 g/mol. The Morgan fingerprint density at radius 1 is 1.00 bits per heavy atom. The lowest BCUT2D eigenvalue weighted by molar-refractivity contribution is 0.102. The Balaban J connectivity index is 1.42. The van der Waals surface area contributed by atoms with Gasteiger partial charge in [0.1, 0.15) is 5.82 Å². The number of benzene rings is 2. The van der Waals surface area contributed by atoms with E-state index in [1.807, 2.05) is 6.07 Å². The average molecular weight is 479 g/mol. The predicted octanol–water partition coefficient (Wildman–Crippen LogP) is 4.83. The van der Waals surface area contributed by atoms with Gasteiger partial charge in [0.25, 0.3) is 15.9 Å². The van der Waals surface area contributed by atoms with Crippen molar-refractivity contribution >= 4 is 49.9 Å². The highest BCUT2D eigenvalue weighted by Crippen LogP contribution is 2.32. The van der Waals surface area contributed by atoms with Crippen molar-refractivity contribution in [2.24, 2.45) is 0 Å². The number of rotatable bonds is 5. The molecule has 9 heteroatoms. The van der Waals surface area contributed by atoms with Gasteiger partial charge in [-0.05, 0) is 79.4 Å². The standard InChI is InChI=1S/C24H19ClN4O3S/c25-15-7-12-21-19(14-15)23(18-4-3-5-20(18)28-21)24(30)27-16-8-10-17(11-9-16)33(31,32)29-22-6-1-2-13-26-22/h1-2,6-14H,3-5H2,(H,26,29)(H,27,30). The molecule has 0 saturated carbocycles. The summed E-state index contributed by atoms with van der Waals surface area (Å²) >= 11 is 6.20. The van der Waals surface area contributed by atoms with Crippen molar-refractivity contribution in [3.8, 4) is 0 Å². The summed E-state index contributed by atoms with van der Waals surface area (Å²) in [5, 5.41) is 4.13. The minimum atomic E-state index is -3.80. The minimum Gasteiger partial charge on any atom is -0.322 e. The summed E-state index contributed by atoms with van der Waals surface area (Å²) in [5.41, 5.74) is 3.67. The molecule has 0 atom stereocenters. The van der Waals surface area contributed by atoms with Gasteiger partial charge in [0.15, 0.2) is 0 Å². The number of aromatic nitrogens is 2. The summed E-state index contributed by atoms with van der Waals surface area (Å²) in [4.78, 5) is 22.0. The van der Waals surface area contributed by atoms with E-state index >= 15 is 0 Å². The summed E-state index contributed by atoms with van der Waals surface area (Å²) in [5.74, 6) is -0.0444. The fourth-order valence-electron chi connectivity index (χ4n) is 4.02. The van der Waals surface area contributed by atoms with Crippen LogP contribution in [0.15, 0.2) is 71.8 Å². The van der Waals surface area contributed by atoms with Crippen molar-refractivity contribution in [1.82, 2.24) is 9.97 Å². The Labute approximate surface area is 195 Å². The van der Waals surface area contributed by atoms with Gasteiger partial charge in [-0.3, -0.25) is 14.5 Å². The number of amides is 1. The van der Waals surface area contributed by atoms with Crippen LogP contribution in [0.4, 0.5) is 11.5 Å². The summed E-state index contributed by atoms with van der Waals surface area (Å²) in [7, 11) is -3.80. The molecule has 1 amide bonds. The Bertz CT molecular complexity index is 1470. The minimum absolute atomic E-state index is 0.0631. The van der Waals surface area contributed by atoms with E-state index in [2.05, 4.69) is 15.0 Å². The lowest BCUT2D eigenvalue weighted by Gasteiger charge is -2.13. The first-order valence-corrected chi connectivity index (χ1v) is 12.2. The lowest BCUT2D eigenvalue weighted by atomic mass is 10.0. The molecule has 33 heavy (non-hydrogen) atoms. The topological polar surface area (TPSA) is 101 Å². The van der Waals surface area contributed by atoms with E-state index in [1.165, 1.54) is 18.3 Å². The SMILES string of the molecule is O=C(Nc1ccc(S(=O)(=O)Nc2ccccn2)cc1)c1c2c(nc3ccc(Cl)cc13)CCC2. The molecule has 0 fully saturated rings. The third-order valence-electron chi connectivity index (χ3n) is 5.53. The number of aryl methyl sites for hydroxylation is 1. The largest absolute Gasteiger partial charge is 0.322 e. The van der Waals surface area contributed by atoms with Gasteiger partial charge < -0.3 is 5.32 Å². The predicted molar refractivity (Wildman–Crippen MR) is 128 cm³/mol. The van der Waals surface area contributed by atoms with Crippen LogP contribution in [-0.2, 0) is 22.9 Å². The molecule has 0 aliphatic heterocycles. The number of hydrogen-bond acceptors (Lipinski definition) is 5. The molecule has 0 saturated heterocycles. The Morgan fingerprint density at radius 3 is 2.58 bits per heavy atom. The molecule has 0 radical (unpaired) electrons.